The van der Waals surface area contributed by atoms with E-state index in [1.807, 2.05) is 0 Å². The lowest BCUT2D eigenvalue weighted by atomic mass is 10.1. The molecule has 3 rings (SSSR count). The highest BCUT2D eigenvalue weighted by molar-refractivity contribution is 7.88. The fraction of sp³-hybridized carbons (Fsp3) is 0.294. The predicted octanol–water partition coefficient (Wildman–Crippen LogP) is 2.86. The molecule has 0 spiro atoms. The largest absolute Gasteiger partial charge is 0.313 e. The summed E-state index contributed by atoms with van der Waals surface area (Å²) in [5.41, 5.74) is 0.716. The molecule has 1 atom stereocenters. The fourth-order valence-electron chi connectivity index (χ4n) is 2.91. The Bertz CT molecular complexity index is 833. The Kier molecular flexibility index (Phi) is 6.51. The van der Waals surface area contributed by atoms with Gasteiger partial charge in [-0.3, -0.25) is 0 Å². The van der Waals surface area contributed by atoms with E-state index in [1.54, 1.807) is 18.2 Å². The predicted molar refractivity (Wildman–Crippen MR) is 95.0 cm³/mol. The first kappa shape index (κ1) is 19.8. The number of hydrogen-bond donors (Lipinski definition) is 1. The molecule has 136 valence electrons. The summed E-state index contributed by atoms with van der Waals surface area (Å²) < 4.78 is 54.3. The van der Waals surface area contributed by atoms with Crippen LogP contribution in [0.1, 0.15) is 17.2 Å². The van der Waals surface area contributed by atoms with Gasteiger partial charge in [0.25, 0.3) is 0 Å². The van der Waals surface area contributed by atoms with E-state index >= 15 is 0 Å². The van der Waals surface area contributed by atoms with Gasteiger partial charge in [0.05, 0.1) is 11.8 Å². The third-order valence-electron chi connectivity index (χ3n) is 4.08. The molecule has 0 bridgehead atoms. The Hall–Kier alpha value is -1.54. The maximum atomic E-state index is 13.8. The van der Waals surface area contributed by atoms with Gasteiger partial charge in [-0.25, -0.2) is 17.2 Å². The van der Waals surface area contributed by atoms with Crippen LogP contribution in [0.25, 0.3) is 0 Å². The van der Waals surface area contributed by atoms with Crippen LogP contribution in [0.2, 0.25) is 0 Å². The molecule has 4 nitrogen and oxygen atoms in total. The standard InChI is InChI=1S/C17H18F2N2O2S.ClH/c18-15-6-3-5-13(10-15)17-11-20-8-9-21(17)24(22,23)12-14-4-1-2-7-16(14)19;/h1-7,10,17,20H,8-9,11-12H2;1H. The second kappa shape index (κ2) is 8.23. The molecule has 1 aliphatic heterocycles. The van der Waals surface area contributed by atoms with Crippen molar-refractivity contribution in [2.75, 3.05) is 19.6 Å². The van der Waals surface area contributed by atoms with Gasteiger partial charge in [-0.1, -0.05) is 30.3 Å². The molecule has 0 aliphatic carbocycles. The van der Waals surface area contributed by atoms with Gasteiger partial charge in [0.2, 0.25) is 10.0 Å². The van der Waals surface area contributed by atoms with E-state index in [4.69, 9.17) is 0 Å². The van der Waals surface area contributed by atoms with Crippen molar-refractivity contribution in [1.82, 2.24) is 9.62 Å². The average Bonchev–Trinajstić information content (AvgIpc) is 2.57. The van der Waals surface area contributed by atoms with Crippen LogP contribution in [-0.4, -0.2) is 32.4 Å². The summed E-state index contributed by atoms with van der Waals surface area (Å²) in [6, 6.07) is 11.2. The highest BCUT2D eigenvalue weighted by Gasteiger charge is 2.33. The van der Waals surface area contributed by atoms with E-state index in [0.29, 0.717) is 18.7 Å². The van der Waals surface area contributed by atoms with Crippen LogP contribution in [0.4, 0.5) is 8.78 Å². The van der Waals surface area contributed by atoms with Gasteiger partial charge in [0, 0.05) is 25.2 Å². The Morgan fingerprint density at radius 3 is 2.60 bits per heavy atom. The zero-order chi connectivity index (χ0) is 17.2. The molecule has 1 aliphatic rings. The van der Waals surface area contributed by atoms with Crippen molar-refractivity contribution in [2.45, 2.75) is 11.8 Å². The van der Waals surface area contributed by atoms with E-state index in [9.17, 15) is 17.2 Å². The number of nitrogens with zero attached hydrogens (tertiary/aromatic N) is 1. The quantitative estimate of drug-likeness (QED) is 0.876. The van der Waals surface area contributed by atoms with Crippen molar-refractivity contribution in [3.8, 4) is 0 Å². The van der Waals surface area contributed by atoms with Gasteiger partial charge in [0.1, 0.15) is 11.6 Å². The summed E-state index contributed by atoms with van der Waals surface area (Å²) in [7, 11) is -3.74. The first-order valence-electron chi connectivity index (χ1n) is 7.66. The molecule has 8 heteroatoms. The van der Waals surface area contributed by atoms with Crippen LogP contribution < -0.4 is 5.32 Å². The molecule has 0 saturated carbocycles. The average molecular weight is 389 g/mol. The van der Waals surface area contributed by atoms with Gasteiger partial charge < -0.3 is 5.32 Å². The summed E-state index contributed by atoms with van der Waals surface area (Å²) in [5.74, 6) is -1.37. The molecule has 25 heavy (non-hydrogen) atoms. The SMILES string of the molecule is Cl.O=S(=O)(Cc1ccccc1F)N1CCNCC1c1cccc(F)c1. The Morgan fingerprint density at radius 2 is 1.88 bits per heavy atom. The van der Waals surface area contributed by atoms with Crippen molar-refractivity contribution in [2.24, 2.45) is 0 Å². The van der Waals surface area contributed by atoms with E-state index in [0.717, 1.165) is 0 Å². The molecule has 1 heterocycles. The van der Waals surface area contributed by atoms with Crippen molar-refractivity contribution in [1.29, 1.82) is 0 Å². The van der Waals surface area contributed by atoms with Gasteiger partial charge in [-0.15, -0.1) is 12.4 Å². The highest BCUT2D eigenvalue weighted by atomic mass is 35.5. The molecule has 1 saturated heterocycles. The molecule has 2 aromatic carbocycles. The fourth-order valence-corrected chi connectivity index (χ4v) is 4.66. The van der Waals surface area contributed by atoms with E-state index < -0.39 is 33.5 Å². The summed E-state index contributed by atoms with van der Waals surface area (Å²) in [6.45, 7) is 1.15. The number of nitrogens with one attached hydrogen (secondary N) is 1. The zero-order valence-corrected chi connectivity index (χ0v) is 15.0. The lowest BCUT2D eigenvalue weighted by Crippen LogP contribution is -2.49. The normalized spacial score (nSPS) is 18.6. The molecule has 0 aromatic heterocycles. The Morgan fingerprint density at radius 1 is 1.12 bits per heavy atom. The minimum atomic E-state index is -3.74. The molecule has 1 N–H and O–H groups in total. The maximum Gasteiger partial charge on any atom is 0.219 e. The molecular weight excluding hydrogens is 370 g/mol. The minimum Gasteiger partial charge on any atom is -0.313 e. The van der Waals surface area contributed by atoms with Crippen molar-refractivity contribution in [3.63, 3.8) is 0 Å². The highest BCUT2D eigenvalue weighted by Crippen LogP contribution is 2.27. The van der Waals surface area contributed by atoms with Crippen LogP contribution in [0.15, 0.2) is 48.5 Å². The third kappa shape index (κ3) is 4.55. The van der Waals surface area contributed by atoms with Gasteiger partial charge >= 0.3 is 0 Å². The lowest BCUT2D eigenvalue weighted by molar-refractivity contribution is 0.270. The second-order valence-corrected chi connectivity index (χ2v) is 7.65. The Balaban J connectivity index is 0.00000225. The summed E-state index contributed by atoms with van der Waals surface area (Å²) >= 11 is 0. The van der Waals surface area contributed by atoms with Crippen LogP contribution >= 0.6 is 12.4 Å². The number of sulfonamides is 1. The van der Waals surface area contributed by atoms with Gasteiger partial charge in [-0.2, -0.15) is 4.31 Å². The Labute approximate surface area is 152 Å². The number of rotatable bonds is 4. The van der Waals surface area contributed by atoms with E-state index in [2.05, 4.69) is 5.32 Å². The number of piperazine rings is 1. The lowest BCUT2D eigenvalue weighted by Gasteiger charge is -2.35. The van der Waals surface area contributed by atoms with Crippen LogP contribution in [0, 0.1) is 11.6 Å². The van der Waals surface area contributed by atoms with Crippen LogP contribution in [0.5, 0.6) is 0 Å². The second-order valence-electron chi connectivity index (χ2n) is 5.73. The summed E-state index contributed by atoms with van der Waals surface area (Å²) in [5, 5.41) is 3.13. The minimum absolute atomic E-state index is 0. The van der Waals surface area contributed by atoms with Gasteiger partial charge in [0.15, 0.2) is 0 Å². The first-order valence-corrected chi connectivity index (χ1v) is 9.27. The van der Waals surface area contributed by atoms with Crippen molar-refractivity contribution < 1.29 is 17.2 Å². The smallest absolute Gasteiger partial charge is 0.219 e. The maximum absolute atomic E-state index is 13.8. The van der Waals surface area contributed by atoms with Crippen LogP contribution in [-0.2, 0) is 15.8 Å². The molecule has 2 aromatic rings. The van der Waals surface area contributed by atoms with E-state index in [-0.39, 0.29) is 24.5 Å². The summed E-state index contributed by atoms with van der Waals surface area (Å²) in [6.07, 6.45) is 0. The molecule has 1 unspecified atom stereocenters. The van der Waals surface area contributed by atoms with Crippen molar-refractivity contribution >= 4 is 22.4 Å². The monoisotopic (exact) mass is 388 g/mol. The van der Waals surface area contributed by atoms with Gasteiger partial charge in [-0.05, 0) is 23.8 Å². The molecular formula is C17H19ClF2N2O2S. The molecule has 1 fully saturated rings. The van der Waals surface area contributed by atoms with Crippen LogP contribution in [0.3, 0.4) is 0 Å². The number of benzene rings is 2. The van der Waals surface area contributed by atoms with E-state index in [1.165, 1.54) is 34.6 Å². The molecule has 0 radical (unpaired) electrons. The molecule has 0 amide bonds. The number of halogens is 3. The topological polar surface area (TPSA) is 49.4 Å². The third-order valence-corrected chi connectivity index (χ3v) is 5.91. The number of hydrogen-bond acceptors (Lipinski definition) is 3. The summed E-state index contributed by atoms with van der Waals surface area (Å²) in [4.78, 5) is 0. The zero-order valence-electron chi connectivity index (χ0n) is 13.4. The van der Waals surface area contributed by atoms with Crippen molar-refractivity contribution in [3.05, 3.63) is 71.3 Å². The first-order chi connectivity index (χ1) is 11.5.